The van der Waals surface area contributed by atoms with Gasteiger partial charge in [-0.25, -0.2) is 0 Å². The Bertz CT molecular complexity index is 919. The quantitative estimate of drug-likeness (QED) is 0.574. The third-order valence-electron chi connectivity index (χ3n) is 4.89. The van der Waals surface area contributed by atoms with Gasteiger partial charge in [-0.15, -0.1) is 0 Å². The number of amides is 1. The standard InChI is InChI=1S/C23H24N2O3/c1-2-3-14-27-18-12-10-17(11-13-18)22-24-21-9-5-4-8-20(21)23(26)25(22)16-19-7-6-15-28-19/h4-13,15,22,24H,2-3,14,16H2,1H3. The van der Waals surface area contributed by atoms with Crippen LogP contribution in [0.2, 0.25) is 0 Å². The highest BCUT2D eigenvalue weighted by molar-refractivity contribution is 6.01. The van der Waals surface area contributed by atoms with Crippen LogP contribution in [0.4, 0.5) is 5.69 Å². The lowest BCUT2D eigenvalue weighted by atomic mass is 10.0. The number of para-hydroxylation sites is 1. The van der Waals surface area contributed by atoms with Gasteiger partial charge in [-0.2, -0.15) is 0 Å². The third-order valence-corrected chi connectivity index (χ3v) is 4.89. The summed E-state index contributed by atoms with van der Waals surface area (Å²) in [6.07, 6.45) is 3.49. The smallest absolute Gasteiger partial charge is 0.258 e. The Morgan fingerprint density at radius 1 is 1.07 bits per heavy atom. The predicted molar refractivity (Wildman–Crippen MR) is 108 cm³/mol. The Balaban J connectivity index is 1.61. The summed E-state index contributed by atoms with van der Waals surface area (Å²) in [6.45, 7) is 3.25. The Labute approximate surface area is 164 Å². The number of benzene rings is 2. The molecule has 3 aromatic rings. The number of carbonyl (C=O) groups excluding carboxylic acids is 1. The summed E-state index contributed by atoms with van der Waals surface area (Å²) in [5.41, 5.74) is 2.51. The van der Waals surface area contributed by atoms with Gasteiger partial charge < -0.3 is 19.4 Å². The zero-order valence-corrected chi connectivity index (χ0v) is 15.9. The molecule has 4 rings (SSSR count). The molecule has 0 aliphatic carbocycles. The summed E-state index contributed by atoms with van der Waals surface area (Å²) in [7, 11) is 0. The molecule has 0 spiro atoms. The molecule has 0 saturated carbocycles. The SMILES string of the molecule is CCCCOc1ccc(C2Nc3ccccc3C(=O)N2Cc2ccco2)cc1. The second-order valence-electron chi connectivity index (χ2n) is 6.88. The van der Waals surface area contributed by atoms with Gasteiger partial charge in [0.25, 0.3) is 5.91 Å². The van der Waals surface area contributed by atoms with Crippen molar-refractivity contribution in [3.63, 3.8) is 0 Å². The molecule has 0 fully saturated rings. The van der Waals surface area contributed by atoms with E-state index in [1.165, 1.54) is 0 Å². The van der Waals surface area contributed by atoms with Crippen molar-refractivity contribution < 1.29 is 13.9 Å². The first kappa shape index (κ1) is 18.2. The molecular weight excluding hydrogens is 352 g/mol. The number of hydrogen-bond donors (Lipinski definition) is 1. The summed E-state index contributed by atoms with van der Waals surface area (Å²) in [5.74, 6) is 1.58. The van der Waals surface area contributed by atoms with Gasteiger partial charge in [0.15, 0.2) is 0 Å². The highest BCUT2D eigenvalue weighted by Crippen LogP contribution is 2.34. The zero-order chi connectivity index (χ0) is 19.3. The second-order valence-corrected chi connectivity index (χ2v) is 6.88. The number of unbranched alkanes of at least 4 members (excludes halogenated alkanes) is 1. The first-order valence-electron chi connectivity index (χ1n) is 9.68. The van der Waals surface area contributed by atoms with Crippen molar-refractivity contribution in [2.75, 3.05) is 11.9 Å². The van der Waals surface area contributed by atoms with Crippen LogP contribution in [-0.2, 0) is 6.54 Å². The first-order valence-corrected chi connectivity index (χ1v) is 9.68. The lowest BCUT2D eigenvalue weighted by Crippen LogP contribution is -2.42. The van der Waals surface area contributed by atoms with Crippen molar-refractivity contribution >= 4 is 11.6 Å². The van der Waals surface area contributed by atoms with Gasteiger partial charge in [0.2, 0.25) is 0 Å². The van der Waals surface area contributed by atoms with Crippen LogP contribution in [0.5, 0.6) is 5.75 Å². The molecule has 1 aliphatic rings. The highest BCUT2D eigenvalue weighted by Gasteiger charge is 2.33. The number of carbonyl (C=O) groups is 1. The van der Waals surface area contributed by atoms with Crippen LogP contribution in [0.3, 0.4) is 0 Å². The average Bonchev–Trinajstić information content (AvgIpc) is 3.24. The molecule has 1 aromatic heterocycles. The van der Waals surface area contributed by atoms with Crippen molar-refractivity contribution in [1.29, 1.82) is 0 Å². The molecule has 1 amide bonds. The molecule has 1 aliphatic heterocycles. The monoisotopic (exact) mass is 376 g/mol. The maximum absolute atomic E-state index is 13.2. The van der Waals surface area contributed by atoms with Crippen molar-refractivity contribution in [2.45, 2.75) is 32.5 Å². The number of rotatable bonds is 7. The Kier molecular flexibility index (Phi) is 5.33. The number of ether oxygens (including phenoxy) is 1. The normalized spacial score (nSPS) is 15.8. The maximum atomic E-state index is 13.2. The van der Waals surface area contributed by atoms with Gasteiger partial charge in [-0.05, 0) is 48.4 Å². The van der Waals surface area contributed by atoms with E-state index >= 15 is 0 Å². The van der Waals surface area contributed by atoms with Gasteiger partial charge in [0.1, 0.15) is 17.7 Å². The van der Waals surface area contributed by atoms with Gasteiger partial charge in [0, 0.05) is 5.69 Å². The van der Waals surface area contributed by atoms with Crippen molar-refractivity contribution in [2.24, 2.45) is 0 Å². The molecule has 144 valence electrons. The Hall–Kier alpha value is -3.21. The van der Waals surface area contributed by atoms with E-state index in [0.29, 0.717) is 18.7 Å². The van der Waals surface area contributed by atoms with Crippen LogP contribution in [0.15, 0.2) is 71.3 Å². The fraction of sp³-hybridized carbons (Fsp3) is 0.261. The van der Waals surface area contributed by atoms with E-state index in [2.05, 4.69) is 12.2 Å². The minimum absolute atomic E-state index is 0.0148. The molecule has 5 nitrogen and oxygen atoms in total. The van der Waals surface area contributed by atoms with Crippen LogP contribution >= 0.6 is 0 Å². The van der Waals surface area contributed by atoms with Crippen LogP contribution in [-0.4, -0.2) is 17.4 Å². The van der Waals surface area contributed by atoms with Gasteiger partial charge in [-0.3, -0.25) is 4.79 Å². The lowest BCUT2D eigenvalue weighted by molar-refractivity contribution is 0.0651. The zero-order valence-electron chi connectivity index (χ0n) is 15.9. The topological polar surface area (TPSA) is 54.7 Å². The molecule has 5 heteroatoms. The van der Waals surface area contributed by atoms with E-state index in [0.717, 1.165) is 35.6 Å². The number of nitrogens with one attached hydrogen (secondary N) is 1. The van der Waals surface area contributed by atoms with Crippen molar-refractivity contribution in [3.05, 3.63) is 83.8 Å². The largest absolute Gasteiger partial charge is 0.494 e. The Morgan fingerprint density at radius 2 is 1.89 bits per heavy atom. The van der Waals surface area contributed by atoms with E-state index in [1.54, 1.807) is 11.2 Å². The molecule has 1 N–H and O–H groups in total. The molecule has 0 saturated heterocycles. The van der Waals surface area contributed by atoms with E-state index < -0.39 is 0 Å². The van der Waals surface area contributed by atoms with Crippen LogP contribution in [0.25, 0.3) is 0 Å². The van der Waals surface area contributed by atoms with Crippen LogP contribution < -0.4 is 10.1 Å². The van der Waals surface area contributed by atoms with Crippen LogP contribution in [0.1, 0.15) is 47.6 Å². The molecule has 1 atom stereocenters. The highest BCUT2D eigenvalue weighted by atomic mass is 16.5. The van der Waals surface area contributed by atoms with Gasteiger partial charge in [-0.1, -0.05) is 37.6 Å². The average molecular weight is 376 g/mol. The third kappa shape index (κ3) is 3.74. The van der Waals surface area contributed by atoms with Gasteiger partial charge >= 0.3 is 0 Å². The van der Waals surface area contributed by atoms with E-state index in [9.17, 15) is 4.79 Å². The summed E-state index contributed by atoms with van der Waals surface area (Å²) in [6, 6.07) is 19.3. The minimum atomic E-state index is -0.280. The van der Waals surface area contributed by atoms with E-state index in [1.807, 2.05) is 60.7 Å². The molecule has 0 radical (unpaired) electrons. The first-order chi connectivity index (χ1) is 13.8. The summed E-state index contributed by atoms with van der Waals surface area (Å²) in [5, 5.41) is 3.50. The molecular formula is C23H24N2O3. The van der Waals surface area contributed by atoms with Crippen molar-refractivity contribution in [1.82, 2.24) is 4.90 Å². The lowest BCUT2D eigenvalue weighted by Gasteiger charge is -2.37. The predicted octanol–water partition coefficient (Wildman–Crippen LogP) is 5.23. The number of fused-ring (bicyclic) bond motifs is 1. The van der Waals surface area contributed by atoms with E-state index in [-0.39, 0.29) is 12.1 Å². The Morgan fingerprint density at radius 3 is 2.64 bits per heavy atom. The number of nitrogens with zero attached hydrogens (tertiary/aromatic N) is 1. The summed E-state index contributed by atoms with van der Waals surface area (Å²) >= 11 is 0. The summed E-state index contributed by atoms with van der Waals surface area (Å²) < 4.78 is 11.3. The minimum Gasteiger partial charge on any atom is -0.494 e. The summed E-state index contributed by atoms with van der Waals surface area (Å²) in [4.78, 5) is 15.0. The maximum Gasteiger partial charge on any atom is 0.258 e. The number of anilines is 1. The molecule has 2 heterocycles. The fourth-order valence-electron chi connectivity index (χ4n) is 3.37. The number of furan rings is 1. The van der Waals surface area contributed by atoms with Crippen LogP contribution in [0, 0.1) is 0 Å². The molecule has 28 heavy (non-hydrogen) atoms. The van der Waals surface area contributed by atoms with Crippen molar-refractivity contribution in [3.8, 4) is 5.75 Å². The van der Waals surface area contributed by atoms with Gasteiger partial charge in [0.05, 0.1) is 25.0 Å². The molecule has 1 unspecified atom stereocenters. The number of hydrogen-bond acceptors (Lipinski definition) is 4. The van der Waals surface area contributed by atoms with E-state index in [4.69, 9.17) is 9.15 Å². The molecule has 0 bridgehead atoms. The second kappa shape index (κ2) is 8.21. The molecule has 2 aromatic carbocycles. The fourth-order valence-corrected chi connectivity index (χ4v) is 3.37.